The molecule has 0 heterocycles. The third kappa shape index (κ3) is 2.49. The number of aliphatic carboxylic acids is 1. The van der Waals surface area contributed by atoms with Crippen molar-refractivity contribution in [2.75, 3.05) is 0 Å². The van der Waals surface area contributed by atoms with E-state index >= 15 is 0 Å². The Morgan fingerprint density at radius 3 is 2.67 bits per heavy atom. The van der Waals surface area contributed by atoms with Crippen molar-refractivity contribution < 1.29 is 19.2 Å². The lowest BCUT2D eigenvalue weighted by atomic mass is 10.1. The van der Waals surface area contributed by atoms with Gasteiger partial charge in [-0.15, -0.1) is 0 Å². The molecule has 0 spiro atoms. The molecule has 80 valence electrons. The highest BCUT2D eigenvalue weighted by molar-refractivity contribution is 5.72. The second-order valence-corrected chi connectivity index (χ2v) is 3.06. The molecular formula is C9H8FNO4. The summed E-state index contributed by atoms with van der Waals surface area (Å²) in [5, 5.41) is 19.0. The average Bonchev–Trinajstić information content (AvgIpc) is 2.09. The highest BCUT2D eigenvalue weighted by Crippen LogP contribution is 2.22. The van der Waals surface area contributed by atoms with Crippen LogP contribution in [0.2, 0.25) is 0 Å². The number of nitro benzene ring substituents is 1. The van der Waals surface area contributed by atoms with E-state index in [9.17, 15) is 19.3 Å². The van der Waals surface area contributed by atoms with Crippen LogP contribution in [0.1, 0.15) is 11.1 Å². The minimum Gasteiger partial charge on any atom is -0.481 e. The zero-order chi connectivity index (χ0) is 11.6. The van der Waals surface area contributed by atoms with Crippen LogP contribution >= 0.6 is 0 Å². The first-order valence-electron chi connectivity index (χ1n) is 4.07. The molecule has 1 aromatic carbocycles. The maximum Gasteiger partial charge on any atom is 0.308 e. The zero-order valence-electron chi connectivity index (χ0n) is 7.86. The summed E-state index contributed by atoms with van der Waals surface area (Å²) in [6, 6.07) is 1.93. The van der Waals surface area contributed by atoms with Gasteiger partial charge in [-0.3, -0.25) is 14.9 Å². The minimum absolute atomic E-state index is 0.00593. The number of carbonyl (C=O) groups is 1. The molecule has 6 heteroatoms. The average molecular weight is 213 g/mol. The minimum atomic E-state index is -1.19. The molecule has 1 aromatic rings. The van der Waals surface area contributed by atoms with Gasteiger partial charge < -0.3 is 5.11 Å². The lowest BCUT2D eigenvalue weighted by Crippen LogP contribution is -2.05. The summed E-state index contributed by atoms with van der Waals surface area (Å²) in [4.78, 5) is 20.1. The van der Waals surface area contributed by atoms with Crippen LogP contribution in [0, 0.1) is 22.9 Å². The van der Waals surface area contributed by atoms with Crippen molar-refractivity contribution in [1.82, 2.24) is 0 Å². The lowest BCUT2D eigenvalue weighted by Gasteiger charge is -2.02. The van der Waals surface area contributed by atoms with Crippen molar-refractivity contribution in [1.29, 1.82) is 0 Å². The van der Waals surface area contributed by atoms with E-state index in [1.807, 2.05) is 0 Å². The van der Waals surface area contributed by atoms with E-state index < -0.39 is 28.8 Å². The number of halogens is 1. The van der Waals surface area contributed by atoms with Gasteiger partial charge >= 0.3 is 5.97 Å². The molecule has 0 unspecified atom stereocenters. The van der Waals surface area contributed by atoms with Crippen LogP contribution < -0.4 is 0 Å². The second kappa shape index (κ2) is 4.04. The predicted molar refractivity (Wildman–Crippen MR) is 49.1 cm³/mol. The first-order chi connectivity index (χ1) is 6.91. The number of rotatable bonds is 3. The van der Waals surface area contributed by atoms with E-state index in [0.717, 1.165) is 6.07 Å². The maximum atomic E-state index is 13.0. The van der Waals surface area contributed by atoms with E-state index in [0.29, 0.717) is 0 Å². The van der Waals surface area contributed by atoms with Crippen molar-refractivity contribution in [2.45, 2.75) is 13.3 Å². The molecule has 0 atom stereocenters. The molecule has 15 heavy (non-hydrogen) atoms. The Balaban J connectivity index is 3.28. The van der Waals surface area contributed by atoms with Gasteiger partial charge in [0.15, 0.2) is 0 Å². The van der Waals surface area contributed by atoms with Crippen LogP contribution in [0.15, 0.2) is 12.1 Å². The topological polar surface area (TPSA) is 80.4 Å². The molecular weight excluding hydrogens is 205 g/mol. The Morgan fingerprint density at radius 1 is 1.60 bits per heavy atom. The van der Waals surface area contributed by atoms with Crippen molar-refractivity contribution in [3.05, 3.63) is 39.2 Å². The fraction of sp³-hybridized carbons (Fsp3) is 0.222. The molecule has 1 rings (SSSR count). The van der Waals surface area contributed by atoms with Crippen LogP contribution in [-0.2, 0) is 11.2 Å². The second-order valence-electron chi connectivity index (χ2n) is 3.06. The molecule has 0 saturated carbocycles. The monoisotopic (exact) mass is 213 g/mol. The Bertz CT molecular complexity index is 430. The molecule has 0 saturated heterocycles. The van der Waals surface area contributed by atoms with E-state index in [-0.39, 0.29) is 11.1 Å². The fourth-order valence-corrected chi connectivity index (χ4v) is 1.21. The highest BCUT2D eigenvalue weighted by atomic mass is 19.1. The van der Waals surface area contributed by atoms with E-state index in [1.54, 1.807) is 0 Å². The van der Waals surface area contributed by atoms with Gasteiger partial charge in [-0.2, -0.15) is 0 Å². The first kappa shape index (κ1) is 11.1. The smallest absolute Gasteiger partial charge is 0.308 e. The fourth-order valence-electron chi connectivity index (χ4n) is 1.21. The van der Waals surface area contributed by atoms with Crippen LogP contribution in [0.5, 0.6) is 0 Å². The standard InChI is InChI=1S/C9H8FNO4/c1-5-2-6(3-9(12)13)8(11(14)15)4-7(5)10/h2,4H,3H2,1H3,(H,12,13). The normalized spacial score (nSPS) is 10.0. The summed E-state index contributed by atoms with van der Waals surface area (Å²) in [6.07, 6.45) is -0.489. The largest absolute Gasteiger partial charge is 0.481 e. The predicted octanol–water partition coefficient (Wildman–Crippen LogP) is 1.67. The summed E-state index contributed by atoms with van der Waals surface area (Å²) in [7, 11) is 0. The Hall–Kier alpha value is -1.98. The van der Waals surface area contributed by atoms with Crippen LogP contribution in [0.25, 0.3) is 0 Å². The zero-order valence-corrected chi connectivity index (χ0v) is 7.86. The Kier molecular flexibility index (Phi) is 2.99. The van der Waals surface area contributed by atoms with E-state index in [1.165, 1.54) is 13.0 Å². The number of carboxylic acids is 1. The first-order valence-corrected chi connectivity index (χ1v) is 4.07. The molecule has 5 nitrogen and oxygen atoms in total. The third-order valence-corrected chi connectivity index (χ3v) is 1.90. The van der Waals surface area contributed by atoms with Crippen LogP contribution in [0.4, 0.5) is 10.1 Å². The van der Waals surface area contributed by atoms with Crippen LogP contribution in [-0.4, -0.2) is 16.0 Å². The maximum absolute atomic E-state index is 13.0. The van der Waals surface area contributed by atoms with Gasteiger partial charge in [-0.1, -0.05) is 0 Å². The SMILES string of the molecule is Cc1cc(CC(=O)O)c([N+](=O)[O-])cc1F. The van der Waals surface area contributed by atoms with Crippen molar-refractivity contribution >= 4 is 11.7 Å². The number of hydrogen-bond donors (Lipinski definition) is 1. The Morgan fingerprint density at radius 2 is 2.20 bits per heavy atom. The molecule has 0 fully saturated rings. The number of aryl methyl sites for hydroxylation is 1. The summed E-state index contributed by atoms with van der Waals surface area (Å²) in [6.45, 7) is 1.42. The lowest BCUT2D eigenvalue weighted by molar-refractivity contribution is -0.385. The molecule has 0 aliphatic carbocycles. The molecule has 0 bridgehead atoms. The number of benzene rings is 1. The highest BCUT2D eigenvalue weighted by Gasteiger charge is 2.18. The summed E-state index contributed by atoms with van der Waals surface area (Å²) >= 11 is 0. The number of nitrogens with zero attached hydrogens (tertiary/aromatic N) is 1. The van der Waals surface area contributed by atoms with Crippen molar-refractivity contribution in [3.63, 3.8) is 0 Å². The summed E-state index contributed by atoms with van der Waals surface area (Å²) < 4.78 is 13.0. The Labute approximate surface area is 84.3 Å². The number of hydrogen-bond acceptors (Lipinski definition) is 3. The van der Waals surface area contributed by atoms with E-state index in [2.05, 4.69) is 0 Å². The quantitative estimate of drug-likeness (QED) is 0.611. The third-order valence-electron chi connectivity index (χ3n) is 1.90. The van der Waals surface area contributed by atoms with Crippen molar-refractivity contribution in [3.8, 4) is 0 Å². The molecule has 0 amide bonds. The van der Waals surface area contributed by atoms with Gasteiger partial charge in [0.25, 0.3) is 5.69 Å². The van der Waals surface area contributed by atoms with E-state index in [4.69, 9.17) is 5.11 Å². The van der Waals surface area contributed by atoms with Crippen LogP contribution in [0.3, 0.4) is 0 Å². The van der Waals surface area contributed by atoms with Gasteiger partial charge in [0, 0.05) is 5.56 Å². The molecule has 0 aliphatic heterocycles. The molecule has 0 aliphatic rings. The number of carboxylic acid groups (broad SMARTS) is 1. The molecule has 0 radical (unpaired) electrons. The van der Waals surface area contributed by atoms with Gasteiger partial charge in [-0.25, -0.2) is 4.39 Å². The molecule has 0 aromatic heterocycles. The van der Waals surface area contributed by atoms with Gasteiger partial charge in [0.1, 0.15) is 5.82 Å². The number of nitro groups is 1. The summed E-state index contributed by atoms with van der Waals surface area (Å²) in [5.74, 6) is -1.90. The van der Waals surface area contributed by atoms with Gasteiger partial charge in [0.05, 0.1) is 17.4 Å². The molecule has 1 N–H and O–H groups in total. The van der Waals surface area contributed by atoms with Crippen molar-refractivity contribution in [2.24, 2.45) is 0 Å². The van der Waals surface area contributed by atoms with Gasteiger partial charge in [0.2, 0.25) is 0 Å². The van der Waals surface area contributed by atoms with Gasteiger partial charge in [-0.05, 0) is 18.6 Å². The summed E-state index contributed by atoms with van der Waals surface area (Å²) in [5.41, 5.74) is -0.302.